The van der Waals surface area contributed by atoms with Gasteiger partial charge in [-0.1, -0.05) is 6.92 Å². The van der Waals surface area contributed by atoms with E-state index in [9.17, 15) is 0 Å². The van der Waals surface area contributed by atoms with Gasteiger partial charge in [-0.25, -0.2) is 4.98 Å². The molecule has 1 atom stereocenters. The van der Waals surface area contributed by atoms with Crippen molar-refractivity contribution < 1.29 is 0 Å². The summed E-state index contributed by atoms with van der Waals surface area (Å²) in [5.74, 6) is 0. The van der Waals surface area contributed by atoms with Gasteiger partial charge in [-0.2, -0.15) is 0 Å². The molecule has 1 aromatic rings. The fourth-order valence-corrected chi connectivity index (χ4v) is 3.56. The van der Waals surface area contributed by atoms with Crippen molar-refractivity contribution in [2.75, 3.05) is 24.5 Å². The quantitative estimate of drug-likeness (QED) is 0.893. The lowest BCUT2D eigenvalue weighted by atomic mass is 10.1. The van der Waals surface area contributed by atoms with Crippen LogP contribution in [0.5, 0.6) is 0 Å². The molecule has 1 saturated heterocycles. The molecule has 0 aliphatic carbocycles. The second kappa shape index (κ2) is 5.83. The van der Waals surface area contributed by atoms with Crippen LogP contribution in [-0.4, -0.2) is 24.6 Å². The molecule has 1 N–H and O–H groups in total. The van der Waals surface area contributed by atoms with E-state index in [1.807, 2.05) is 11.3 Å². The zero-order chi connectivity index (χ0) is 12.3. The summed E-state index contributed by atoms with van der Waals surface area (Å²) in [6.07, 6.45) is 4.01. The van der Waals surface area contributed by atoms with Crippen LogP contribution < -0.4 is 10.2 Å². The average molecular weight is 253 g/mol. The van der Waals surface area contributed by atoms with Crippen LogP contribution in [0.1, 0.15) is 49.7 Å². The van der Waals surface area contributed by atoms with Gasteiger partial charge < -0.3 is 10.2 Å². The van der Waals surface area contributed by atoms with Crippen LogP contribution in [0.25, 0.3) is 0 Å². The Morgan fingerprint density at radius 3 is 2.71 bits per heavy atom. The van der Waals surface area contributed by atoms with E-state index in [4.69, 9.17) is 4.98 Å². The van der Waals surface area contributed by atoms with Crippen molar-refractivity contribution in [3.63, 3.8) is 0 Å². The Hall–Kier alpha value is -0.610. The van der Waals surface area contributed by atoms with Gasteiger partial charge in [-0.3, -0.25) is 0 Å². The van der Waals surface area contributed by atoms with Gasteiger partial charge in [0.05, 0.1) is 5.69 Å². The molecule has 1 aliphatic rings. The average Bonchev–Trinajstić information content (AvgIpc) is 2.73. The molecule has 1 aliphatic heterocycles. The zero-order valence-corrected chi connectivity index (χ0v) is 11.9. The van der Waals surface area contributed by atoms with E-state index in [0.717, 1.165) is 6.54 Å². The van der Waals surface area contributed by atoms with Gasteiger partial charge in [0.1, 0.15) is 0 Å². The minimum absolute atomic E-state index is 0.427. The third kappa shape index (κ3) is 2.99. The lowest BCUT2D eigenvalue weighted by Crippen LogP contribution is -2.29. The molecule has 1 aromatic heterocycles. The fourth-order valence-electron chi connectivity index (χ4n) is 2.41. The summed E-state index contributed by atoms with van der Waals surface area (Å²) in [5.41, 5.74) is 1.20. The highest BCUT2D eigenvalue weighted by atomic mass is 32.1. The number of hydrogen-bond donors (Lipinski definition) is 1. The number of thiazole rings is 1. The van der Waals surface area contributed by atoms with E-state index in [2.05, 4.69) is 31.0 Å². The van der Waals surface area contributed by atoms with Crippen molar-refractivity contribution in [1.82, 2.24) is 10.3 Å². The molecule has 0 saturated carbocycles. The fraction of sp³-hybridized carbons (Fsp3) is 0.769. The van der Waals surface area contributed by atoms with Crippen molar-refractivity contribution in [3.05, 3.63) is 10.6 Å². The van der Waals surface area contributed by atoms with Crippen LogP contribution in [0, 0.1) is 6.92 Å². The lowest BCUT2D eigenvalue weighted by molar-refractivity contribution is 0.576. The Morgan fingerprint density at radius 1 is 1.35 bits per heavy atom. The molecule has 1 fully saturated rings. The van der Waals surface area contributed by atoms with E-state index in [1.54, 1.807) is 0 Å². The molecule has 2 rings (SSSR count). The smallest absolute Gasteiger partial charge is 0.185 e. The Balaban J connectivity index is 2.11. The summed E-state index contributed by atoms with van der Waals surface area (Å²) in [5, 5.41) is 4.69. The van der Waals surface area contributed by atoms with Gasteiger partial charge in [0.25, 0.3) is 0 Å². The number of nitrogens with one attached hydrogen (secondary N) is 1. The first kappa shape index (κ1) is 12.8. The van der Waals surface area contributed by atoms with Crippen LogP contribution in [-0.2, 0) is 0 Å². The van der Waals surface area contributed by atoms with Crippen molar-refractivity contribution in [1.29, 1.82) is 0 Å². The first-order valence-corrected chi connectivity index (χ1v) is 7.49. The number of aromatic nitrogens is 1. The number of hydrogen-bond acceptors (Lipinski definition) is 4. The second-order valence-corrected chi connectivity index (χ2v) is 5.78. The van der Waals surface area contributed by atoms with Gasteiger partial charge >= 0.3 is 0 Å². The Kier molecular flexibility index (Phi) is 4.40. The van der Waals surface area contributed by atoms with E-state index in [0.29, 0.717) is 6.04 Å². The predicted octanol–water partition coefficient (Wildman–Crippen LogP) is 3.11. The highest BCUT2D eigenvalue weighted by Crippen LogP contribution is 2.31. The maximum absolute atomic E-state index is 4.74. The van der Waals surface area contributed by atoms with Gasteiger partial charge in [0.2, 0.25) is 0 Å². The summed E-state index contributed by atoms with van der Waals surface area (Å²) in [7, 11) is 0. The molecule has 0 bridgehead atoms. The monoisotopic (exact) mass is 253 g/mol. The molecular weight excluding hydrogens is 230 g/mol. The molecule has 1 unspecified atom stereocenters. The first-order valence-electron chi connectivity index (χ1n) is 6.68. The number of piperidine rings is 1. The molecule has 96 valence electrons. The summed E-state index contributed by atoms with van der Waals surface area (Å²) >= 11 is 1.87. The minimum Gasteiger partial charge on any atom is -0.348 e. The minimum atomic E-state index is 0.427. The maximum Gasteiger partial charge on any atom is 0.185 e. The Morgan fingerprint density at radius 2 is 2.06 bits per heavy atom. The number of aryl methyl sites for hydroxylation is 1. The van der Waals surface area contributed by atoms with Crippen LogP contribution in [0.4, 0.5) is 5.13 Å². The second-order valence-electron chi connectivity index (χ2n) is 4.77. The highest BCUT2D eigenvalue weighted by molar-refractivity contribution is 7.15. The van der Waals surface area contributed by atoms with Gasteiger partial charge in [-0.05, 0) is 39.7 Å². The van der Waals surface area contributed by atoms with E-state index in [-0.39, 0.29) is 0 Å². The maximum atomic E-state index is 4.74. The van der Waals surface area contributed by atoms with Crippen LogP contribution in [0.2, 0.25) is 0 Å². The Labute approximate surface area is 108 Å². The lowest BCUT2D eigenvalue weighted by Gasteiger charge is -2.25. The van der Waals surface area contributed by atoms with Gasteiger partial charge in [0.15, 0.2) is 5.13 Å². The third-order valence-electron chi connectivity index (χ3n) is 3.35. The Bertz CT molecular complexity index is 356. The first-order chi connectivity index (χ1) is 8.22. The van der Waals surface area contributed by atoms with Crippen LogP contribution in [0.3, 0.4) is 0 Å². The molecule has 4 heteroatoms. The van der Waals surface area contributed by atoms with Crippen LogP contribution in [0.15, 0.2) is 0 Å². The topological polar surface area (TPSA) is 28.2 Å². The number of anilines is 1. The standard InChI is InChI=1S/C13H23N3S/c1-4-14-10(2)12-11(3)15-13(17-12)16-8-6-5-7-9-16/h10,14H,4-9H2,1-3H3. The van der Waals surface area contributed by atoms with Crippen molar-refractivity contribution in [2.24, 2.45) is 0 Å². The molecule has 17 heavy (non-hydrogen) atoms. The zero-order valence-electron chi connectivity index (χ0n) is 11.1. The molecule has 0 aromatic carbocycles. The largest absolute Gasteiger partial charge is 0.348 e. The van der Waals surface area contributed by atoms with E-state index >= 15 is 0 Å². The molecule has 0 amide bonds. The third-order valence-corrected chi connectivity index (χ3v) is 4.75. The molecular formula is C13H23N3S. The van der Waals surface area contributed by atoms with E-state index in [1.165, 1.54) is 48.1 Å². The summed E-state index contributed by atoms with van der Waals surface area (Å²) in [6.45, 7) is 9.89. The molecule has 0 spiro atoms. The summed E-state index contributed by atoms with van der Waals surface area (Å²) < 4.78 is 0. The SMILES string of the molecule is CCNC(C)c1sc(N2CCCCC2)nc1C. The molecule has 0 radical (unpaired) electrons. The highest BCUT2D eigenvalue weighted by Gasteiger charge is 2.18. The normalized spacial score (nSPS) is 18.4. The van der Waals surface area contributed by atoms with Gasteiger partial charge in [-0.15, -0.1) is 11.3 Å². The molecule has 2 heterocycles. The van der Waals surface area contributed by atoms with Crippen LogP contribution >= 0.6 is 11.3 Å². The number of nitrogens with zero attached hydrogens (tertiary/aromatic N) is 2. The van der Waals surface area contributed by atoms with Crippen molar-refractivity contribution in [3.8, 4) is 0 Å². The van der Waals surface area contributed by atoms with Crippen molar-refractivity contribution >= 4 is 16.5 Å². The summed E-state index contributed by atoms with van der Waals surface area (Å²) in [4.78, 5) is 8.59. The summed E-state index contributed by atoms with van der Waals surface area (Å²) in [6, 6.07) is 0.427. The van der Waals surface area contributed by atoms with Gasteiger partial charge in [0, 0.05) is 24.0 Å². The van der Waals surface area contributed by atoms with E-state index < -0.39 is 0 Å². The van der Waals surface area contributed by atoms with Crippen molar-refractivity contribution in [2.45, 2.75) is 46.1 Å². The molecule has 3 nitrogen and oxygen atoms in total. The predicted molar refractivity (Wildman–Crippen MR) is 75.0 cm³/mol. The number of rotatable bonds is 4.